The fourth-order valence-electron chi connectivity index (χ4n) is 9.31. The highest BCUT2D eigenvalue weighted by Crippen LogP contribution is 2.64. The molecule has 0 aromatic heterocycles. The van der Waals surface area contributed by atoms with Gasteiger partial charge in [-0.15, -0.1) is 0 Å². The molecular formula is C37H64O4Si. The Morgan fingerprint density at radius 2 is 1.60 bits per heavy atom. The van der Waals surface area contributed by atoms with Crippen LogP contribution >= 0.6 is 0 Å². The smallest absolute Gasteiger partial charge is 0.302 e. The molecule has 0 bridgehead atoms. The van der Waals surface area contributed by atoms with E-state index in [0.717, 1.165) is 44.1 Å². The lowest BCUT2D eigenvalue weighted by molar-refractivity contribution is -0.157. The molecule has 0 heterocycles. The van der Waals surface area contributed by atoms with Gasteiger partial charge in [-0.2, -0.15) is 0 Å². The zero-order chi connectivity index (χ0) is 30.5. The number of fused-ring (bicyclic) bond motifs is 5. The fourth-order valence-corrected chi connectivity index (χ4v) is 10.4. The van der Waals surface area contributed by atoms with Gasteiger partial charge in [0.25, 0.3) is 0 Å². The molecule has 5 heteroatoms. The summed E-state index contributed by atoms with van der Waals surface area (Å²) in [5.74, 6) is 3.69. The highest BCUT2D eigenvalue weighted by atomic mass is 28.4. The third kappa shape index (κ3) is 8.01. The van der Waals surface area contributed by atoms with Crippen molar-refractivity contribution in [3.63, 3.8) is 0 Å². The first kappa shape index (κ1) is 33.9. The Bertz CT molecular complexity index is 948. The number of ketones is 1. The van der Waals surface area contributed by atoms with E-state index in [1.54, 1.807) is 6.92 Å². The third-order valence-electron chi connectivity index (χ3n) is 12.7. The molecule has 0 radical (unpaired) electrons. The van der Waals surface area contributed by atoms with E-state index in [4.69, 9.17) is 9.16 Å². The summed E-state index contributed by atoms with van der Waals surface area (Å²) in [5, 5.41) is 0.308. The fraction of sp³-hybridized carbons (Fsp3) is 0.892. The molecule has 3 fully saturated rings. The highest BCUT2D eigenvalue weighted by molar-refractivity contribution is 6.74. The molecule has 0 spiro atoms. The first-order chi connectivity index (χ1) is 19.8. The average molecular weight is 601 g/mol. The van der Waals surface area contributed by atoms with Crippen LogP contribution in [0.25, 0.3) is 0 Å². The van der Waals surface area contributed by atoms with E-state index in [-0.39, 0.29) is 17.5 Å². The van der Waals surface area contributed by atoms with Crippen molar-refractivity contribution in [2.75, 3.05) is 6.61 Å². The summed E-state index contributed by atoms with van der Waals surface area (Å²) in [6.07, 6.45) is 23.0. The van der Waals surface area contributed by atoms with Crippen LogP contribution in [0.2, 0.25) is 18.1 Å². The van der Waals surface area contributed by atoms with Crippen molar-refractivity contribution in [3.8, 4) is 0 Å². The molecular weight excluding hydrogens is 536 g/mol. The van der Waals surface area contributed by atoms with Crippen LogP contribution < -0.4 is 0 Å². The zero-order valence-electron chi connectivity index (χ0n) is 28.4. The van der Waals surface area contributed by atoms with Crippen molar-refractivity contribution in [1.29, 1.82) is 0 Å². The molecule has 0 saturated heterocycles. The molecule has 3 saturated carbocycles. The van der Waals surface area contributed by atoms with Crippen molar-refractivity contribution in [1.82, 2.24) is 0 Å². The second-order valence-electron chi connectivity index (χ2n) is 16.4. The maximum atomic E-state index is 12.4. The Hall–Kier alpha value is -0.943. The van der Waals surface area contributed by atoms with Crippen LogP contribution in [0.15, 0.2) is 11.6 Å². The Morgan fingerprint density at radius 3 is 2.24 bits per heavy atom. The van der Waals surface area contributed by atoms with Gasteiger partial charge in [0, 0.05) is 25.4 Å². The molecule has 0 aromatic rings. The van der Waals surface area contributed by atoms with Gasteiger partial charge in [0.1, 0.15) is 6.10 Å². The predicted octanol–water partition coefficient (Wildman–Crippen LogP) is 10.2. The number of ether oxygens (including phenoxy) is 1. The largest absolute Gasteiger partial charge is 0.462 e. The van der Waals surface area contributed by atoms with E-state index in [0.29, 0.717) is 28.6 Å². The van der Waals surface area contributed by atoms with Crippen LogP contribution in [0, 0.1) is 35.0 Å². The lowest BCUT2D eigenvalue weighted by Gasteiger charge is -2.56. The molecule has 42 heavy (non-hydrogen) atoms. The van der Waals surface area contributed by atoms with Crippen LogP contribution in [-0.4, -0.2) is 32.8 Å². The van der Waals surface area contributed by atoms with Gasteiger partial charge < -0.3 is 9.16 Å². The minimum absolute atomic E-state index is 0.0937. The van der Waals surface area contributed by atoms with Crippen LogP contribution in [0.5, 0.6) is 0 Å². The first-order valence-corrected chi connectivity index (χ1v) is 20.8. The summed E-state index contributed by atoms with van der Waals surface area (Å²) in [7, 11) is -1.59. The Morgan fingerprint density at radius 1 is 0.952 bits per heavy atom. The third-order valence-corrected chi connectivity index (χ3v) is 17.2. The van der Waals surface area contributed by atoms with Crippen molar-refractivity contribution < 1.29 is 18.8 Å². The monoisotopic (exact) mass is 600 g/mol. The predicted molar refractivity (Wildman–Crippen MR) is 176 cm³/mol. The van der Waals surface area contributed by atoms with Crippen molar-refractivity contribution in [2.24, 2.45) is 35.0 Å². The first-order valence-electron chi connectivity index (χ1n) is 17.9. The van der Waals surface area contributed by atoms with Gasteiger partial charge >= 0.3 is 5.97 Å². The molecule has 0 aliphatic heterocycles. The SMILES string of the molecule is CC(=O)O[C@H]1CC[C@H]2[C@@H]3[C@H](CCCCCCCCCCCO[Si](C)(C)C(C)(C)C)CC4=CC(=O)CC[C@@H]4[C@H]3CC[C@]12C. The Kier molecular flexibility index (Phi) is 11.7. The molecule has 4 aliphatic rings. The number of esters is 1. The number of hydrogen-bond donors (Lipinski definition) is 0. The Labute approximate surface area is 259 Å². The Balaban J connectivity index is 1.20. The minimum Gasteiger partial charge on any atom is -0.462 e. The summed E-state index contributed by atoms with van der Waals surface area (Å²) in [4.78, 5) is 24.3. The second kappa shape index (κ2) is 14.4. The number of unbranched alkanes of at least 4 members (excludes halogenated alkanes) is 8. The molecule has 240 valence electrons. The van der Waals surface area contributed by atoms with Gasteiger partial charge in [0.2, 0.25) is 0 Å². The van der Waals surface area contributed by atoms with E-state index in [1.807, 2.05) is 0 Å². The van der Waals surface area contributed by atoms with Crippen molar-refractivity contribution >= 4 is 20.1 Å². The van der Waals surface area contributed by atoms with Crippen LogP contribution in [0.3, 0.4) is 0 Å². The van der Waals surface area contributed by atoms with Gasteiger partial charge in [-0.1, -0.05) is 84.6 Å². The second-order valence-corrected chi connectivity index (χ2v) is 21.3. The van der Waals surface area contributed by atoms with Crippen molar-refractivity contribution in [2.45, 2.75) is 168 Å². The van der Waals surface area contributed by atoms with Gasteiger partial charge in [0.05, 0.1) is 0 Å². The van der Waals surface area contributed by atoms with Gasteiger partial charge in [0.15, 0.2) is 14.1 Å². The van der Waals surface area contributed by atoms with Gasteiger partial charge in [-0.25, -0.2) is 0 Å². The van der Waals surface area contributed by atoms with Gasteiger partial charge in [-0.05, 0) is 105 Å². The van der Waals surface area contributed by atoms with E-state index in [2.05, 4.69) is 46.9 Å². The van der Waals surface area contributed by atoms with E-state index >= 15 is 0 Å². The summed E-state index contributed by atoms with van der Waals surface area (Å²) >= 11 is 0. The van der Waals surface area contributed by atoms with Crippen LogP contribution in [0.1, 0.15) is 144 Å². The van der Waals surface area contributed by atoms with Crippen LogP contribution in [-0.2, 0) is 18.8 Å². The summed E-state index contributed by atoms with van der Waals surface area (Å²) in [6, 6.07) is 0. The average Bonchev–Trinajstić information content (AvgIpc) is 3.23. The molecule has 0 unspecified atom stereocenters. The summed E-state index contributed by atoms with van der Waals surface area (Å²) < 4.78 is 12.2. The number of allylic oxidation sites excluding steroid dienone is 1. The van der Waals surface area contributed by atoms with Crippen LogP contribution in [0.4, 0.5) is 0 Å². The number of carbonyl (C=O) groups excluding carboxylic acids is 2. The molecule has 4 nitrogen and oxygen atoms in total. The molecule has 4 rings (SSSR count). The minimum atomic E-state index is -1.59. The van der Waals surface area contributed by atoms with Gasteiger partial charge in [-0.3, -0.25) is 9.59 Å². The van der Waals surface area contributed by atoms with Crippen molar-refractivity contribution in [3.05, 3.63) is 11.6 Å². The zero-order valence-corrected chi connectivity index (χ0v) is 29.4. The maximum absolute atomic E-state index is 12.4. The van der Waals surface area contributed by atoms with E-state index in [9.17, 15) is 9.59 Å². The molecule has 4 aliphatic carbocycles. The topological polar surface area (TPSA) is 52.6 Å². The summed E-state index contributed by atoms with van der Waals surface area (Å²) in [5.41, 5.74) is 1.62. The molecule has 0 amide bonds. The molecule has 7 atom stereocenters. The lowest BCUT2D eigenvalue weighted by atomic mass is 9.49. The lowest BCUT2D eigenvalue weighted by Crippen LogP contribution is -2.51. The highest BCUT2D eigenvalue weighted by Gasteiger charge is 2.59. The maximum Gasteiger partial charge on any atom is 0.302 e. The van der Waals surface area contributed by atoms with E-state index in [1.165, 1.54) is 89.0 Å². The molecule has 0 aromatic carbocycles. The standard InChI is InChI=1S/C37H64O4Si/c1-27(38)41-34-21-20-33-35-28(25-29-26-30(39)18-19-31(29)32(35)22-23-37(33,34)5)17-15-13-11-9-8-10-12-14-16-24-40-42(6,7)36(2,3)4/h26,28,31-35H,8-25H2,1-7H3/t28-,31+,32-,33+,34+,35-,37+/m1/s1. The quantitative estimate of drug-likeness (QED) is 0.113. The number of hydrogen-bond acceptors (Lipinski definition) is 4. The number of carbonyl (C=O) groups is 2. The number of rotatable bonds is 14. The normalized spacial score (nSPS) is 33.0. The van der Waals surface area contributed by atoms with E-state index < -0.39 is 8.32 Å². The summed E-state index contributed by atoms with van der Waals surface area (Å²) in [6.45, 7) is 16.6. The molecule has 0 N–H and O–H groups in total.